The summed E-state index contributed by atoms with van der Waals surface area (Å²) in [6.45, 7) is 0. The van der Waals surface area contributed by atoms with Gasteiger partial charge in [0.2, 0.25) is 0 Å². The van der Waals surface area contributed by atoms with Crippen LogP contribution in [0.3, 0.4) is 0 Å². The number of aromatic nitrogens is 1. The predicted octanol–water partition coefficient (Wildman–Crippen LogP) is 1.77. The number of halogens is 1. The molecule has 0 aliphatic rings. The molecular weight excluding hydrogens is 194 g/mol. The molecular formula is C7H8ClN3S. The van der Waals surface area contributed by atoms with Gasteiger partial charge in [-0.05, 0) is 12.1 Å². The molecule has 0 aliphatic carbocycles. The fourth-order valence-electron chi connectivity index (χ4n) is 0.852. The maximum atomic E-state index is 5.84. The molecule has 2 rings (SSSR count). The second-order valence-electron chi connectivity index (χ2n) is 1.94. The lowest BCUT2D eigenvalue weighted by Crippen LogP contribution is -2.02. The number of para-hydroxylation sites is 1. The molecule has 3 nitrogen and oxygen atoms in total. The molecule has 0 radical (unpaired) electrons. The van der Waals surface area contributed by atoms with Crippen molar-refractivity contribution in [3.8, 4) is 0 Å². The number of hydrazine groups is 1. The van der Waals surface area contributed by atoms with Gasteiger partial charge < -0.3 is 0 Å². The molecule has 5 heteroatoms. The summed E-state index contributed by atoms with van der Waals surface area (Å²) in [5.41, 5.74) is 2.71. The fraction of sp³-hybridized carbons (Fsp3) is 0. The monoisotopic (exact) mass is 201 g/mol. The van der Waals surface area contributed by atoms with Crippen molar-refractivity contribution in [1.29, 1.82) is 0 Å². The molecule has 1 aromatic carbocycles. The van der Waals surface area contributed by atoms with Crippen molar-refractivity contribution in [1.82, 2.24) is 4.98 Å². The van der Waals surface area contributed by atoms with Crippen LogP contribution in [0.2, 0.25) is 5.02 Å². The summed E-state index contributed by atoms with van der Waals surface area (Å²) in [5.74, 6) is 8.00. The molecule has 1 aromatic heterocycles. The number of rotatable bonds is 0. The third-order valence-corrected chi connectivity index (χ3v) is 2.41. The van der Waals surface area contributed by atoms with E-state index in [0.717, 1.165) is 15.2 Å². The van der Waals surface area contributed by atoms with Crippen molar-refractivity contribution >= 4 is 33.2 Å². The standard InChI is InChI=1S/C7H4ClNS.H4N2/c8-5-2-1-3-6-7(5)9-4-10-6;1-2/h1-4H;1-2H2. The Labute approximate surface area is 78.9 Å². The summed E-state index contributed by atoms with van der Waals surface area (Å²) < 4.78 is 1.15. The number of hydrogen-bond donors (Lipinski definition) is 2. The highest BCUT2D eigenvalue weighted by Gasteiger charge is 1.98. The fourth-order valence-corrected chi connectivity index (χ4v) is 1.83. The van der Waals surface area contributed by atoms with Crippen LogP contribution in [0.25, 0.3) is 10.2 Å². The molecule has 0 saturated carbocycles. The molecule has 0 aliphatic heterocycles. The summed E-state index contributed by atoms with van der Waals surface area (Å²) >= 11 is 7.45. The maximum absolute atomic E-state index is 5.84. The smallest absolute Gasteiger partial charge is 0.0998 e. The highest BCUT2D eigenvalue weighted by Crippen LogP contribution is 2.24. The largest absolute Gasteiger partial charge is 0.274 e. The molecule has 4 N–H and O–H groups in total. The van der Waals surface area contributed by atoms with Crippen molar-refractivity contribution in [3.05, 3.63) is 28.7 Å². The first-order valence-electron chi connectivity index (χ1n) is 3.19. The van der Waals surface area contributed by atoms with E-state index in [0.29, 0.717) is 0 Å². The Hall–Kier alpha value is -0.680. The average Bonchev–Trinajstić information content (AvgIpc) is 2.57. The molecule has 64 valence electrons. The van der Waals surface area contributed by atoms with E-state index < -0.39 is 0 Å². The highest BCUT2D eigenvalue weighted by atomic mass is 35.5. The van der Waals surface area contributed by atoms with Gasteiger partial charge in [0.05, 0.1) is 20.7 Å². The molecule has 1 heterocycles. The van der Waals surface area contributed by atoms with Crippen molar-refractivity contribution in [2.24, 2.45) is 11.7 Å². The molecule has 0 unspecified atom stereocenters. The molecule has 2 aromatic rings. The predicted molar refractivity (Wildman–Crippen MR) is 53.0 cm³/mol. The minimum absolute atomic E-state index is 0.735. The number of nitrogens with two attached hydrogens (primary N) is 2. The summed E-state index contributed by atoms with van der Waals surface area (Å²) in [5, 5.41) is 0.735. The van der Waals surface area contributed by atoms with E-state index >= 15 is 0 Å². The van der Waals surface area contributed by atoms with E-state index in [1.165, 1.54) is 0 Å². The minimum Gasteiger partial charge on any atom is -0.274 e. The lowest BCUT2D eigenvalue weighted by Gasteiger charge is -1.87. The van der Waals surface area contributed by atoms with Gasteiger partial charge in [0, 0.05) is 0 Å². The van der Waals surface area contributed by atoms with Crippen LogP contribution >= 0.6 is 22.9 Å². The molecule has 12 heavy (non-hydrogen) atoms. The van der Waals surface area contributed by atoms with Gasteiger partial charge in [-0.2, -0.15) is 0 Å². The lowest BCUT2D eigenvalue weighted by molar-refractivity contribution is 1.26. The summed E-state index contributed by atoms with van der Waals surface area (Å²) in [4.78, 5) is 4.10. The molecule has 0 spiro atoms. The van der Waals surface area contributed by atoms with Gasteiger partial charge in [-0.15, -0.1) is 11.3 Å². The Balaban J connectivity index is 0.000000336. The Kier molecular flexibility index (Phi) is 3.43. The molecule has 0 saturated heterocycles. The first kappa shape index (κ1) is 9.41. The van der Waals surface area contributed by atoms with Crippen LogP contribution in [0, 0.1) is 0 Å². The van der Waals surface area contributed by atoms with Crippen LogP contribution in [0.4, 0.5) is 0 Å². The Morgan fingerprint density at radius 3 is 2.75 bits per heavy atom. The number of thiazole rings is 1. The third-order valence-electron chi connectivity index (χ3n) is 1.31. The van der Waals surface area contributed by atoms with Gasteiger partial charge in [-0.1, -0.05) is 17.7 Å². The van der Waals surface area contributed by atoms with Crippen molar-refractivity contribution in [2.45, 2.75) is 0 Å². The Bertz CT molecular complexity index is 360. The third kappa shape index (κ3) is 1.73. The first-order chi connectivity index (χ1) is 5.88. The zero-order valence-electron chi connectivity index (χ0n) is 6.20. The molecule has 0 atom stereocenters. The number of benzene rings is 1. The summed E-state index contributed by atoms with van der Waals surface area (Å²) in [6.07, 6.45) is 0. The molecule has 0 fully saturated rings. The maximum Gasteiger partial charge on any atom is 0.0998 e. The minimum atomic E-state index is 0.735. The SMILES string of the molecule is Clc1cccc2scnc12.NN. The van der Waals surface area contributed by atoms with E-state index in [2.05, 4.69) is 16.7 Å². The number of fused-ring (bicyclic) bond motifs is 1. The zero-order chi connectivity index (χ0) is 8.97. The quantitative estimate of drug-likeness (QED) is 0.504. The number of hydrogen-bond acceptors (Lipinski definition) is 4. The topological polar surface area (TPSA) is 64.9 Å². The lowest BCUT2D eigenvalue weighted by atomic mass is 10.3. The van der Waals surface area contributed by atoms with Crippen LogP contribution in [0.5, 0.6) is 0 Å². The second-order valence-corrected chi connectivity index (χ2v) is 3.23. The van der Waals surface area contributed by atoms with E-state index in [1.54, 1.807) is 16.8 Å². The van der Waals surface area contributed by atoms with Gasteiger partial charge in [0.1, 0.15) is 0 Å². The normalized spacial score (nSPS) is 9.25. The van der Waals surface area contributed by atoms with Crippen LogP contribution in [0.15, 0.2) is 23.7 Å². The van der Waals surface area contributed by atoms with Crippen molar-refractivity contribution in [3.63, 3.8) is 0 Å². The Morgan fingerprint density at radius 1 is 1.33 bits per heavy atom. The summed E-state index contributed by atoms with van der Waals surface area (Å²) in [7, 11) is 0. The van der Waals surface area contributed by atoms with Gasteiger partial charge in [-0.25, -0.2) is 4.98 Å². The first-order valence-corrected chi connectivity index (χ1v) is 4.45. The molecule has 0 bridgehead atoms. The van der Waals surface area contributed by atoms with Gasteiger partial charge in [0.15, 0.2) is 0 Å². The summed E-state index contributed by atoms with van der Waals surface area (Å²) in [6, 6.07) is 5.80. The number of nitrogens with zero attached hydrogens (tertiary/aromatic N) is 1. The Morgan fingerprint density at radius 2 is 2.08 bits per heavy atom. The van der Waals surface area contributed by atoms with Gasteiger partial charge in [-0.3, -0.25) is 11.7 Å². The van der Waals surface area contributed by atoms with E-state index in [9.17, 15) is 0 Å². The highest BCUT2D eigenvalue weighted by molar-refractivity contribution is 7.16. The van der Waals surface area contributed by atoms with E-state index in [1.807, 2.05) is 18.2 Å². The van der Waals surface area contributed by atoms with E-state index in [4.69, 9.17) is 11.6 Å². The average molecular weight is 202 g/mol. The van der Waals surface area contributed by atoms with Gasteiger partial charge in [0.25, 0.3) is 0 Å². The van der Waals surface area contributed by atoms with Crippen molar-refractivity contribution < 1.29 is 0 Å². The zero-order valence-corrected chi connectivity index (χ0v) is 7.77. The second kappa shape index (κ2) is 4.37. The van der Waals surface area contributed by atoms with Crippen LogP contribution in [-0.4, -0.2) is 4.98 Å². The van der Waals surface area contributed by atoms with Crippen LogP contribution < -0.4 is 11.7 Å². The van der Waals surface area contributed by atoms with E-state index in [-0.39, 0.29) is 0 Å². The van der Waals surface area contributed by atoms with Crippen LogP contribution in [-0.2, 0) is 0 Å². The van der Waals surface area contributed by atoms with Crippen molar-refractivity contribution in [2.75, 3.05) is 0 Å². The molecule has 0 amide bonds. The van der Waals surface area contributed by atoms with Crippen LogP contribution in [0.1, 0.15) is 0 Å². The van der Waals surface area contributed by atoms with Gasteiger partial charge >= 0.3 is 0 Å².